The highest BCUT2D eigenvalue weighted by Gasteiger charge is 2.31. The summed E-state index contributed by atoms with van der Waals surface area (Å²) in [7, 11) is -1.69. The fourth-order valence-electron chi connectivity index (χ4n) is 2.63. The van der Waals surface area contributed by atoms with Gasteiger partial charge in [0.1, 0.15) is 8.07 Å². The van der Waals surface area contributed by atoms with Crippen LogP contribution < -0.4 is 5.19 Å². The molecule has 0 aliphatic rings. The largest absolute Gasteiger partial charge is 0.340 e. The lowest BCUT2D eigenvalue weighted by Crippen LogP contribution is -2.49. The summed E-state index contributed by atoms with van der Waals surface area (Å²) in [4.78, 5) is 4.15. The van der Waals surface area contributed by atoms with Crippen molar-refractivity contribution in [3.8, 4) is 0 Å². The summed E-state index contributed by atoms with van der Waals surface area (Å²) in [6.07, 6.45) is 9.20. The second kappa shape index (κ2) is 6.79. The van der Waals surface area contributed by atoms with Gasteiger partial charge in [0.15, 0.2) is 0 Å². The number of hydrogen-bond acceptors (Lipinski definition) is 1. The number of aromatic nitrogens is 2. The lowest BCUT2D eigenvalue weighted by molar-refractivity contribution is 0.814. The minimum Gasteiger partial charge on any atom is -0.340 e. The van der Waals surface area contributed by atoms with Gasteiger partial charge in [0, 0.05) is 28.6 Å². The molecule has 0 saturated heterocycles. The SMILES string of the molecule is CCCC[Si](C)(Cn1ccnc1)c1ccc(Cl)cc1Cl. The van der Waals surface area contributed by atoms with Crippen molar-refractivity contribution in [2.45, 2.75) is 38.5 Å². The van der Waals surface area contributed by atoms with Gasteiger partial charge in [-0.25, -0.2) is 4.98 Å². The van der Waals surface area contributed by atoms with Crippen LogP contribution in [0.25, 0.3) is 0 Å². The maximum Gasteiger partial charge on any atom is 0.107 e. The average Bonchev–Trinajstić information content (AvgIpc) is 2.88. The molecule has 0 aliphatic heterocycles. The second-order valence-electron chi connectivity index (χ2n) is 5.52. The normalized spacial score (nSPS) is 14.2. The molecular formula is C15H20Cl2N2Si. The third-order valence-corrected chi connectivity index (χ3v) is 8.72. The summed E-state index contributed by atoms with van der Waals surface area (Å²) in [5.74, 6) is 0. The Morgan fingerprint density at radius 3 is 2.70 bits per heavy atom. The van der Waals surface area contributed by atoms with Crippen molar-refractivity contribution < 1.29 is 0 Å². The molecule has 108 valence electrons. The van der Waals surface area contributed by atoms with Gasteiger partial charge in [-0.1, -0.05) is 61.6 Å². The maximum atomic E-state index is 6.46. The number of nitrogens with zero attached hydrogens (tertiary/aromatic N) is 2. The average molecular weight is 327 g/mol. The van der Waals surface area contributed by atoms with Crippen molar-refractivity contribution in [1.29, 1.82) is 0 Å². The minimum absolute atomic E-state index is 0.702. The molecule has 1 aromatic carbocycles. The van der Waals surface area contributed by atoms with Crippen LogP contribution in [0.4, 0.5) is 0 Å². The Kier molecular flexibility index (Phi) is 5.30. The molecule has 2 nitrogen and oxygen atoms in total. The van der Waals surface area contributed by atoms with Crippen molar-refractivity contribution in [2.24, 2.45) is 0 Å². The highest BCUT2D eigenvalue weighted by atomic mass is 35.5. The fraction of sp³-hybridized carbons (Fsp3) is 0.400. The summed E-state index contributed by atoms with van der Waals surface area (Å²) in [6, 6.07) is 7.16. The molecule has 1 atom stereocenters. The lowest BCUT2D eigenvalue weighted by atomic mass is 10.4. The predicted molar refractivity (Wildman–Crippen MR) is 89.7 cm³/mol. The zero-order valence-corrected chi connectivity index (χ0v) is 14.5. The Morgan fingerprint density at radius 2 is 2.10 bits per heavy atom. The van der Waals surface area contributed by atoms with Gasteiger partial charge in [0.25, 0.3) is 0 Å². The van der Waals surface area contributed by atoms with Crippen LogP contribution in [0.15, 0.2) is 36.9 Å². The molecule has 0 spiro atoms. The van der Waals surface area contributed by atoms with Crippen LogP contribution in [0.1, 0.15) is 19.8 Å². The van der Waals surface area contributed by atoms with E-state index in [1.807, 2.05) is 30.9 Å². The van der Waals surface area contributed by atoms with Gasteiger partial charge in [0.05, 0.1) is 6.33 Å². The van der Waals surface area contributed by atoms with Gasteiger partial charge < -0.3 is 4.57 Å². The van der Waals surface area contributed by atoms with E-state index in [9.17, 15) is 0 Å². The topological polar surface area (TPSA) is 17.8 Å². The van der Waals surface area contributed by atoms with Crippen molar-refractivity contribution in [3.05, 3.63) is 47.0 Å². The Labute approximate surface area is 131 Å². The molecule has 0 amide bonds. The summed E-state index contributed by atoms with van der Waals surface area (Å²) < 4.78 is 2.17. The predicted octanol–water partition coefficient (Wildman–Crippen LogP) is 4.52. The van der Waals surface area contributed by atoms with Crippen molar-refractivity contribution in [2.75, 3.05) is 0 Å². The smallest absolute Gasteiger partial charge is 0.107 e. The number of halogens is 2. The van der Waals surface area contributed by atoms with E-state index in [0.29, 0.717) is 5.02 Å². The van der Waals surface area contributed by atoms with Crippen LogP contribution in [0.3, 0.4) is 0 Å². The molecule has 0 aliphatic carbocycles. The van der Waals surface area contributed by atoms with E-state index in [1.54, 1.807) is 0 Å². The van der Waals surface area contributed by atoms with E-state index in [4.69, 9.17) is 23.2 Å². The zero-order valence-electron chi connectivity index (χ0n) is 11.9. The van der Waals surface area contributed by atoms with E-state index >= 15 is 0 Å². The molecule has 1 unspecified atom stereocenters. The first kappa shape index (κ1) is 15.6. The molecule has 2 aromatic rings. The van der Waals surface area contributed by atoms with Gasteiger partial charge in [-0.2, -0.15) is 0 Å². The quantitative estimate of drug-likeness (QED) is 0.714. The van der Waals surface area contributed by atoms with E-state index in [1.165, 1.54) is 24.1 Å². The second-order valence-corrected chi connectivity index (χ2v) is 10.8. The highest BCUT2D eigenvalue weighted by Crippen LogP contribution is 2.23. The van der Waals surface area contributed by atoms with Crippen LogP contribution in [0, 0.1) is 0 Å². The van der Waals surface area contributed by atoms with E-state index in [2.05, 4.69) is 29.1 Å². The van der Waals surface area contributed by atoms with Crippen LogP contribution in [-0.4, -0.2) is 17.6 Å². The van der Waals surface area contributed by atoms with Crippen LogP contribution in [-0.2, 0) is 6.17 Å². The summed E-state index contributed by atoms with van der Waals surface area (Å²) in [5, 5.41) is 2.81. The molecule has 2 rings (SSSR count). The van der Waals surface area contributed by atoms with Gasteiger partial charge in [-0.15, -0.1) is 0 Å². The summed E-state index contributed by atoms with van der Waals surface area (Å²) in [5.41, 5.74) is 0. The molecule has 1 heterocycles. The Morgan fingerprint density at radius 1 is 1.30 bits per heavy atom. The monoisotopic (exact) mass is 326 g/mol. The Hall–Kier alpha value is -0.773. The fourth-order valence-corrected chi connectivity index (χ4v) is 7.58. The molecule has 0 radical (unpaired) electrons. The molecule has 1 aromatic heterocycles. The van der Waals surface area contributed by atoms with Gasteiger partial charge in [-0.05, 0) is 17.3 Å². The first-order valence-corrected chi connectivity index (χ1v) is 10.6. The van der Waals surface area contributed by atoms with Crippen molar-refractivity contribution in [3.63, 3.8) is 0 Å². The molecule has 0 bridgehead atoms. The van der Waals surface area contributed by atoms with Crippen molar-refractivity contribution in [1.82, 2.24) is 9.55 Å². The number of benzene rings is 1. The molecule has 0 fully saturated rings. The van der Waals surface area contributed by atoms with E-state index in [0.717, 1.165) is 11.2 Å². The van der Waals surface area contributed by atoms with Gasteiger partial charge >= 0.3 is 0 Å². The van der Waals surface area contributed by atoms with Crippen molar-refractivity contribution >= 4 is 36.5 Å². The van der Waals surface area contributed by atoms with Crippen LogP contribution in [0.2, 0.25) is 22.6 Å². The number of rotatable bonds is 6. The Balaban J connectivity index is 2.34. The summed E-state index contributed by atoms with van der Waals surface area (Å²) in [6.45, 7) is 4.63. The van der Waals surface area contributed by atoms with E-state index < -0.39 is 8.07 Å². The molecule has 0 saturated carbocycles. The van der Waals surface area contributed by atoms with Gasteiger partial charge in [0.2, 0.25) is 0 Å². The third kappa shape index (κ3) is 3.66. The first-order valence-electron chi connectivity index (χ1n) is 6.96. The maximum absolute atomic E-state index is 6.46. The lowest BCUT2D eigenvalue weighted by Gasteiger charge is -2.29. The minimum atomic E-state index is -1.69. The molecular weight excluding hydrogens is 307 g/mol. The number of imidazole rings is 1. The van der Waals surface area contributed by atoms with Crippen LogP contribution in [0.5, 0.6) is 0 Å². The van der Waals surface area contributed by atoms with E-state index in [-0.39, 0.29) is 0 Å². The zero-order chi connectivity index (χ0) is 14.6. The van der Waals surface area contributed by atoms with Crippen LogP contribution >= 0.6 is 23.2 Å². The highest BCUT2D eigenvalue weighted by molar-refractivity contribution is 6.91. The Bertz CT molecular complexity index is 557. The standard InChI is InChI=1S/C15H20Cl2N2Si/c1-3-4-9-20(2,12-19-8-7-18-11-19)15-6-5-13(16)10-14(15)17/h5-8,10-11H,3-4,9,12H2,1-2H3. The number of hydrogen-bond donors (Lipinski definition) is 0. The molecule has 5 heteroatoms. The third-order valence-electron chi connectivity index (χ3n) is 3.75. The molecule has 20 heavy (non-hydrogen) atoms. The molecule has 0 N–H and O–H groups in total. The number of unbranched alkanes of at least 4 members (excludes halogenated alkanes) is 1. The van der Waals surface area contributed by atoms with Gasteiger partial charge in [-0.3, -0.25) is 0 Å². The summed E-state index contributed by atoms with van der Waals surface area (Å²) >= 11 is 12.5. The first-order chi connectivity index (χ1) is 9.55.